The molecule has 1 N–H and O–H groups in total. The molecule has 0 aliphatic rings. The number of phenolic OH excluding ortho intramolecular Hbond substituents is 1. The number of aryl methyl sites for hydroxylation is 1. The molecule has 0 saturated carbocycles. The van der Waals surface area contributed by atoms with Crippen molar-refractivity contribution in [2.45, 2.75) is 13.3 Å². The molecular weight excluding hydrogens is 190 g/mol. The van der Waals surface area contributed by atoms with E-state index in [1.807, 2.05) is 25.9 Å². The van der Waals surface area contributed by atoms with Crippen LogP contribution in [0.3, 0.4) is 0 Å². The Hall–Kier alpha value is -1.35. The van der Waals surface area contributed by atoms with Crippen molar-refractivity contribution in [3.8, 4) is 5.75 Å². The van der Waals surface area contributed by atoms with Crippen LogP contribution in [0, 0.1) is 6.92 Å². The summed E-state index contributed by atoms with van der Waals surface area (Å²) in [5.74, 6) is 0.0641. The fourth-order valence-corrected chi connectivity index (χ4v) is 1.33. The number of Topliss-reactive ketones (excluding diaryl/α,β-unsaturated/α-hetero) is 1. The van der Waals surface area contributed by atoms with Gasteiger partial charge in [0.15, 0.2) is 5.78 Å². The van der Waals surface area contributed by atoms with Crippen molar-refractivity contribution in [1.82, 2.24) is 4.90 Å². The van der Waals surface area contributed by atoms with E-state index >= 15 is 0 Å². The topological polar surface area (TPSA) is 40.5 Å². The molecule has 1 aromatic rings. The molecule has 3 nitrogen and oxygen atoms in total. The number of rotatable bonds is 4. The van der Waals surface area contributed by atoms with E-state index in [9.17, 15) is 9.90 Å². The Kier molecular flexibility index (Phi) is 3.86. The molecule has 0 aliphatic heterocycles. The van der Waals surface area contributed by atoms with Crippen LogP contribution in [0.15, 0.2) is 18.2 Å². The standard InChI is InChI=1S/C12H17NO2/c1-9-4-5-11(14)10(8-9)12(15)6-7-13(2)3/h4-5,8,14H,6-7H2,1-3H3. The fourth-order valence-electron chi connectivity index (χ4n) is 1.33. The molecule has 0 aliphatic carbocycles. The molecule has 0 unspecified atom stereocenters. The summed E-state index contributed by atoms with van der Waals surface area (Å²) in [4.78, 5) is 13.7. The summed E-state index contributed by atoms with van der Waals surface area (Å²) in [5.41, 5.74) is 1.41. The Morgan fingerprint density at radius 1 is 1.40 bits per heavy atom. The molecule has 0 heterocycles. The van der Waals surface area contributed by atoms with E-state index in [0.29, 0.717) is 18.5 Å². The minimum absolute atomic E-state index is 0.00935. The number of hydrogen-bond donors (Lipinski definition) is 1. The van der Waals surface area contributed by atoms with Gasteiger partial charge in [0, 0.05) is 13.0 Å². The molecule has 0 fully saturated rings. The summed E-state index contributed by atoms with van der Waals surface area (Å²) < 4.78 is 0. The van der Waals surface area contributed by atoms with Crippen LogP contribution in [0.5, 0.6) is 5.75 Å². The number of hydrogen-bond acceptors (Lipinski definition) is 3. The van der Waals surface area contributed by atoms with Crippen molar-refractivity contribution in [2.75, 3.05) is 20.6 Å². The van der Waals surface area contributed by atoms with Gasteiger partial charge in [-0.15, -0.1) is 0 Å². The first-order valence-electron chi connectivity index (χ1n) is 4.98. The van der Waals surface area contributed by atoms with Crippen molar-refractivity contribution in [2.24, 2.45) is 0 Å². The highest BCUT2D eigenvalue weighted by Gasteiger charge is 2.11. The lowest BCUT2D eigenvalue weighted by Crippen LogP contribution is -2.16. The summed E-state index contributed by atoms with van der Waals surface area (Å²) in [6.45, 7) is 2.61. The number of ketones is 1. The van der Waals surface area contributed by atoms with Gasteiger partial charge in [-0.25, -0.2) is 0 Å². The number of aromatic hydroxyl groups is 1. The maximum Gasteiger partial charge on any atom is 0.167 e. The Bertz CT molecular complexity index is 359. The van der Waals surface area contributed by atoms with Gasteiger partial charge in [0.25, 0.3) is 0 Å². The van der Waals surface area contributed by atoms with Gasteiger partial charge in [-0.2, -0.15) is 0 Å². The van der Waals surface area contributed by atoms with Gasteiger partial charge in [0.05, 0.1) is 5.56 Å². The highest BCUT2D eigenvalue weighted by atomic mass is 16.3. The average molecular weight is 207 g/mol. The second-order valence-corrected chi connectivity index (χ2v) is 4.00. The first kappa shape index (κ1) is 11.7. The maximum atomic E-state index is 11.7. The predicted molar refractivity (Wildman–Crippen MR) is 60.3 cm³/mol. The van der Waals surface area contributed by atoms with E-state index in [4.69, 9.17) is 0 Å². The predicted octanol–water partition coefficient (Wildman–Crippen LogP) is 1.84. The highest BCUT2D eigenvalue weighted by molar-refractivity contribution is 5.98. The molecule has 3 heteroatoms. The van der Waals surface area contributed by atoms with Crippen molar-refractivity contribution < 1.29 is 9.90 Å². The third kappa shape index (κ3) is 3.36. The third-order valence-electron chi connectivity index (χ3n) is 2.24. The SMILES string of the molecule is Cc1ccc(O)c(C(=O)CCN(C)C)c1. The van der Waals surface area contributed by atoms with Gasteiger partial charge >= 0.3 is 0 Å². The third-order valence-corrected chi connectivity index (χ3v) is 2.24. The van der Waals surface area contributed by atoms with Crippen molar-refractivity contribution in [3.63, 3.8) is 0 Å². The lowest BCUT2D eigenvalue weighted by atomic mass is 10.0. The number of carbonyl (C=O) groups excluding carboxylic acids is 1. The quantitative estimate of drug-likeness (QED) is 0.766. The van der Waals surface area contributed by atoms with Crippen LogP contribution in [-0.2, 0) is 0 Å². The largest absolute Gasteiger partial charge is 0.507 e. The number of carbonyl (C=O) groups is 1. The summed E-state index contributed by atoms with van der Waals surface area (Å²) in [7, 11) is 3.84. The fraction of sp³-hybridized carbons (Fsp3) is 0.417. The molecule has 0 spiro atoms. The van der Waals surface area contributed by atoms with Crippen LogP contribution >= 0.6 is 0 Å². The van der Waals surface area contributed by atoms with Crippen LogP contribution in [0.1, 0.15) is 22.3 Å². The Balaban J connectivity index is 2.77. The molecule has 1 aromatic carbocycles. The van der Waals surface area contributed by atoms with Crippen molar-refractivity contribution >= 4 is 5.78 Å². The molecule has 82 valence electrons. The Morgan fingerprint density at radius 3 is 2.67 bits per heavy atom. The molecule has 0 amide bonds. The smallest absolute Gasteiger partial charge is 0.167 e. The summed E-state index contributed by atoms with van der Waals surface area (Å²) in [6, 6.07) is 5.09. The molecule has 0 saturated heterocycles. The van der Waals surface area contributed by atoms with Crippen LogP contribution in [0.2, 0.25) is 0 Å². The second kappa shape index (κ2) is 4.94. The zero-order chi connectivity index (χ0) is 11.4. The van der Waals surface area contributed by atoms with Crippen LogP contribution in [0.25, 0.3) is 0 Å². The van der Waals surface area contributed by atoms with E-state index in [1.54, 1.807) is 18.2 Å². The van der Waals surface area contributed by atoms with E-state index < -0.39 is 0 Å². The second-order valence-electron chi connectivity index (χ2n) is 4.00. The molecule has 1 rings (SSSR count). The van der Waals surface area contributed by atoms with Crippen molar-refractivity contribution in [1.29, 1.82) is 0 Å². The highest BCUT2D eigenvalue weighted by Crippen LogP contribution is 2.19. The molecule has 15 heavy (non-hydrogen) atoms. The van der Waals surface area contributed by atoms with E-state index in [-0.39, 0.29) is 11.5 Å². The lowest BCUT2D eigenvalue weighted by Gasteiger charge is -2.09. The lowest BCUT2D eigenvalue weighted by molar-refractivity contribution is 0.0970. The van der Waals surface area contributed by atoms with Crippen LogP contribution in [0.4, 0.5) is 0 Å². The first-order chi connectivity index (χ1) is 7.00. The van der Waals surface area contributed by atoms with Gasteiger partial charge in [-0.05, 0) is 33.2 Å². The summed E-state index contributed by atoms with van der Waals surface area (Å²) in [5, 5.41) is 9.54. The van der Waals surface area contributed by atoms with Crippen molar-refractivity contribution in [3.05, 3.63) is 29.3 Å². The Morgan fingerprint density at radius 2 is 2.07 bits per heavy atom. The van der Waals surface area contributed by atoms with Crippen LogP contribution < -0.4 is 0 Å². The number of phenols is 1. The van der Waals surface area contributed by atoms with Crippen LogP contribution in [-0.4, -0.2) is 36.4 Å². The number of nitrogens with zero attached hydrogens (tertiary/aromatic N) is 1. The first-order valence-corrected chi connectivity index (χ1v) is 4.98. The monoisotopic (exact) mass is 207 g/mol. The van der Waals surface area contributed by atoms with E-state index in [2.05, 4.69) is 0 Å². The minimum atomic E-state index is -0.00935. The normalized spacial score (nSPS) is 10.7. The maximum absolute atomic E-state index is 11.7. The molecular formula is C12H17NO2. The summed E-state index contributed by atoms with van der Waals surface area (Å²) >= 11 is 0. The zero-order valence-electron chi connectivity index (χ0n) is 9.45. The molecule has 0 atom stereocenters. The van der Waals surface area contributed by atoms with Gasteiger partial charge in [-0.3, -0.25) is 4.79 Å². The van der Waals surface area contributed by atoms with Gasteiger partial charge in [-0.1, -0.05) is 11.6 Å². The molecule has 0 bridgehead atoms. The summed E-state index contributed by atoms with van der Waals surface area (Å²) in [6.07, 6.45) is 0.435. The van der Waals surface area contributed by atoms with Gasteiger partial charge in [0.1, 0.15) is 5.75 Å². The van der Waals surface area contributed by atoms with Gasteiger partial charge in [0.2, 0.25) is 0 Å². The van der Waals surface area contributed by atoms with E-state index in [1.165, 1.54) is 0 Å². The van der Waals surface area contributed by atoms with E-state index in [0.717, 1.165) is 5.56 Å². The zero-order valence-corrected chi connectivity index (χ0v) is 9.45. The number of benzene rings is 1. The van der Waals surface area contributed by atoms with Gasteiger partial charge < -0.3 is 10.0 Å². The Labute approximate surface area is 90.3 Å². The minimum Gasteiger partial charge on any atom is -0.507 e. The molecule has 0 aromatic heterocycles. The average Bonchev–Trinajstić information content (AvgIpc) is 2.18. The molecule has 0 radical (unpaired) electrons.